The van der Waals surface area contributed by atoms with Gasteiger partial charge in [-0.3, -0.25) is 10.2 Å². The zero-order chi connectivity index (χ0) is 15.4. The monoisotopic (exact) mass is 303 g/mol. The highest BCUT2D eigenvalue weighted by Crippen LogP contribution is 2.13. The van der Waals surface area contributed by atoms with E-state index in [1.807, 2.05) is 24.3 Å². The van der Waals surface area contributed by atoms with Crippen LogP contribution in [0.15, 0.2) is 24.3 Å². The van der Waals surface area contributed by atoms with Crippen molar-refractivity contribution >= 4 is 23.0 Å². The normalized spacial score (nSPS) is 17.3. The molecule has 3 rings (SSSR count). The van der Waals surface area contributed by atoms with Crippen LogP contribution in [0, 0.1) is 0 Å². The first-order valence-corrected chi connectivity index (χ1v) is 7.54. The van der Waals surface area contributed by atoms with Crippen LogP contribution in [0.4, 0.5) is 10.7 Å². The van der Waals surface area contributed by atoms with Gasteiger partial charge in [-0.05, 0) is 19.1 Å². The van der Waals surface area contributed by atoms with Crippen molar-refractivity contribution in [2.45, 2.75) is 13.0 Å². The van der Waals surface area contributed by atoms with E-state index >= 15 is 0 Å². The molecule has 1 fully saturated rings. The first-order chi connectivity index (χ1) is 10.7. The van der Waals surface area contributed by atoms with Gasteiger partial charge in [-0.25, -0.2) is 9.78 Å². The Labute approximate surface area is 129 Å². The maximum Gasteiger partial charge on any atom is 0.321 e. The molecule has 2 heterocycles. The van der Waals surface area contributed by atoms with Crippen LogP contribution < -0.4 is 10.6 Å². The number of para-hydroxylation sites is 2. The predicted molar refractivity (Wildman–Crippen MR) is 85.0 cm³/mol. The molecule has 0 radical (unpaired) electrons. The van der Waals surface area contributed by atoms with Gasteiger partial charge in [-0.2, -0.15) is 0 Å². The van der Waals surface area contributed by atoms with E-state index in [1.165, 1.54) is 0 Å². The Balaban J connectivity index is 1.49. The van der Waals surface area contributed by atoms with E-state index in [4.69, 9.17) is 4.74 Å². The highest BCUT2D eigenvalue weighted by Gasteiger charge is 2.17. The molecule has 1 saturated heterocycles. The van der Waals surface area contributed by atoms with Crippen molar-refractivity contribution in [1.29, 1.82) is 0 Å². The van der Waals surface area contributed by atoms with E-state index in [0.29, 0.717) is 12.5 Å². The van der Waals surface area contributed by atoms with Crippen molar-refractivity contribution in [1.82, 2.24) is 20.2 Å². The van der Waals surface area contributed by atoms with Gasteiger partial charge in [0.25, 0.3) is 0 Å². The Morgan fingerprint density at radius 3 is 2.95 bits per heavy atom. The lowest BCUT2D eigenvalue weighted by Gasteiger charge is -2.32. The summed E-state index contributed by atoms with van der Waals surface area (Å²) in [5.74, 6) is 0.456. The zero-order valence-electron chi connectivity index (χ0n) is 12.6. The van der Waals surface area contributed by atoms with Crippen molar-refractivity contribution in [3.05, 3.63) is 24.3 Å². The number of benzene rings is 1. The first-order valence-electron chi connectivity index (χ1n) is 7.54. The Bertz CT molecular complexity index is 603. The van der Waals surface area contributed by atoms with Crippen molar-refractivity contribution in [2.24, 2.45) is 0 Å². The first kappa shape index (κ1) is 14.8. The molecule has 0 spiro atoms. The predicted octanol–water partition coefficient (Wildman–Crippen LogP) is 1.41. The van der Waals surface area contributed by atoms with E-state index in [2.05, 4.69) is 32.4 Å². The molecule has 1 aliphatic rings. The second kappa shape index (κ2) is 6.76. The van der Waals surface area contributed by atoms with Crippen LogP contribution in [-0.2, 0) is 4.74 Å². The minimum atomic E-state index is -0.251. The molecule has 0 saturated carbocycles. The molecule has 118 valence electrons. The summed E-state index contributed by atoms with van der Waals surface area (Å²) in [7, 11) is 0. The number of hydrogen-bond donors (Lipinski definition) is 3. The number of imidazole rings is 1. The lowest BCUT2D eigenvalue weighted by atomic mass is 10.2. The lowest BCUT2D eigenvalue weighted by Crippen LogP contribution is -2.47. The fourth-order valence-electron chi connectivity index (χ4n) is 2.55. The van der Waals surface area contributed by atoms with E-state index in [-0.39, 0.29) is 12.1 Å². The molecule has 1 aromatic carbocycles. The van der Waals surface area contributed by atoms with Gasteiger partial charge in [0.2, 0.25) is 5.95 Å². The third-order valence-electron chi connectivity index (χ3n) is 3.85. The Hall–Kier alpha value is -2.12. The number of carbonyl (C=O) groups excluding carboxylic acids is 1. The molecule has 1 aromatic heterocycles. The number of ether oxygens (including phenoxy) is 1. The number of aromatic amines is 1. The molecule has 1 atom stereocenters. The van der Waals surface area contributed by atoms with Crippen molar-refractivity contribution in [3.8, 4) is 0 Å². The van der Waals surface area contributed by atoms with Crippen LogP contribution in [0.2, 0.25) is 0 Å². The molecule has 0 bridgehead atoms. The fourth-order valence-corrected chi connectivity index (χ4v) is 2.55. The number of hydrogen-bond acceptors (Lipinski definition) is 4. The molecule has 2 amide bonds. The van der Waals surface area contributed by atoms with Crippen molar-refractivity contribution in [2.75, 3.05) is 38.2 Å². The molecule has 3 N–H and O–H groups in total. The van der Waals surface area contributed by atoms with Crippen LogP contribution in [0.25, 0.3) is 11.0 Å². The smallest absolute Gasteiger partial charge is 0.321 e. The fraction of sp³-hybridized carbons (Fsp3) is 0.467. The molecule has 0 unspecified atom stereocenters. The SMILES string of the molecule is C[C@@H](CNC(=O)Nc1nc2ccccc2[nH]1)N1CCOCC1. The highest BCUT2D eigenvalue weighted by molar-refractivity contribution is 5.89. The van der Waals surface area contributed by atoms with Crippen LogP contribution >= 0.6 is 0 Å². The summed E-state index contributed by atoms with van der Waals surface area (Å²) >= 11 is 0. The quantitative estimate of drug-likeness (QED) is 0.797. The lowest BCUT2D eigenvalue weighted by molar-refractivity contribution is 0.0209. The number of morpholine rings is 1. The van der Waals surface area contributed by atoms with Gasteiger partial charge < -0.3 is 15.0 Å². The molecular formula is C15H21N5O2. The average molecular weight is 303 g/mol. The topological polar surface area (TPSA) is 82.3 Å². The summed E-state index contributed by atoms with van der Waals surface area (Å²) in [5.41, 5.74) is 1.74. The second-order valence-electron chi connectivity index (χ2n) is 5.43. The standard InChI is InChI=1S/C15H21N5O2/c1-11(20-6-8-22-9-7-20)10-16-15(21)19-14-17-12-4-2-3-5-13(12)18-14/h2-5,11H,6-10H2,1H3,(H3,16,17,18,19,21)/t11-/m0/s1. The van der Waals surface area contributed by atoms with Crippen LogP contribution in [0.3, 0.4) is 0 Å². The number of carbonyl (C=O) groups is 1. The molecular weight excluding hydrogens is 282 g/mol. The highest BCUT2D eigenvalue weighted by atomic mass is 16.5. The second-order valence-corrected chi connectivity index (χ2v) is 5.43. The number of anilines is 1. The van der Waals surface area contributed by atoms with Crippen LogP contribution in [-0.4, -0.2) is 59.8 Å². The Morgan fingerprint density at radius 1 is 1.41 bits per heavy atom. The number of urea groups is 1. The van der Waals surface area contributed by atoms with Crippen molar-refractivity contribution in [3.63, 3.8) is 0 Å². The summed E-state index contributed by atoms with van der Waals surface area (Å²) in [5, 5.41) is 5.61. The number of nitrogens with zero attached hydrogens (tertiary/aromatic N) is 2. The third kappa shape index (κ3) is 3.55. The minimum absolute atomic E-state index is 0.251. The molecule has 7 heteroatoms. The average Bonchev–Trinajstić information content (AvgIpc) is 2.95. The van der Waals surface area contributed by atoms with Gasteiger partial charge in [0.15, 0.2) is 0 Å². The van der Waals surface area contributed by atoms with E-state index in [1.54, 1.807) is 0 Å². The number of amides is 2. The maximum atomic E-state index is 12.0. The minimum Gasteiger partial charge on any atom is -0.379 e. The van der Waals surface area contributed by atoms with Gasteiger partial charge in [0.05, 0.1) is 24.2 Å². The summed E-state index contributed by atoms with van der Waals surface area (Å²) in [6, 6.07) is 7.69. The largest absolute Gasteiger partial charge is 0.379 e. The molecule has 1 aliphatic heterocycles. The molecule has 0 aliphatic carbocycles. The summed E-state index contributed by atoms with van der Waals surface area (Å²) in [6.07, 6.45) is 0. The number of aromatic nitrogens is 2. The number of rotatable bonds is 4. The number of fused-ring (bicyclic) bond motifs is 1. The Kier molecular flexibility index (Phi) is 4.55. The Morgan fingerprint density at radius 2 is 2.18 bits per heavy atom. The molecule has 7 nitrogen and oxygen atoms in total. The summed E-state index contributed by atoms with van der Waals surface area (Å²) in [6.45, 7) is 6.03. The maximum absolute atomic E-state index is 12.0. The van der Waals surface area contributed by atoms with Gasteiger partial charge in [0.1, 0.15) is 0 Å². The van der Waals surface area contributed by atoms with Crippen LogP contribution in [0.1, 0.15) is 6.92 Å². The van der Waals surface area contributed by atoms with Gasteiger partial charge in [0, 0.05) is 25.7 Å². The van der Waals surface area contributed by atoms with E-state index in [0.717, 1.165) is 37.3 Å². The van der Waals surface area contributed by atoms with Crippen LogP contribution in [0.5, 0.6) is 0 Å². The van der Waals surface area contributed by atoms with E-state index < -0.39 is 0 Å². The van der Waals surface area contributed by atoms with Gasteiger partial charge >= 0.3 is 6.03 Å². The zero-order valence-corrected chi connectivity index (χ0v) is 12.6. The molecule has 2 aromatic rings. The number of nitrogens with one attached hydrogen (secondary N) is 3. The van der Waals surface area contributed by atoms with Gasteiger partial charge in [-0.15, -0.1) is 0 Å². The summed E-state index contributed by atoms with van der Waals surface area (Å²) in [4.78, 5) is 21.6. The third-order valence-corrected chi connectivity index (χ3v) is 3.85. The van der Waals surface area contributed by atoms with Gasteiger partial charge in [-0.1, -0.05) is 12.1 Å². The van der Waals surface area contributed by atoms with Crippen molar-refractivity contribution < 1.29 is 9.53 Å². The van der Waals surface area contributed by atoms with E-state index in [9.17, 15) is 4.79 Å². The summed E-state index contributed by atoms with van der Waals surface area (Å²) < 4.78 is 5.33. The molecule has 22 heavy (non-hydrogen) atoms. The number of H-pyrrole nitrogens is 1.